The van der Waals surface area contributed by atoms with Crippen molar-refractivity contribution >= 4 is 0 Å². The third kappa shape index (κ3) is 2.15. The van der Waals surface area contributed by atoms with Gasteiger partial charge in [-0.05, 0) is 20.3 Å². The Hall–Kier alpha value is -0.190. The maximum absolute atomic E-state index is 13.3. The molecule has 12 heavy (non-hydrogen) atoms. The van der Waals surface area contributed by atoms with Crippen molar-refractivity contribution in [1.82, 2.24) is 10.3 Å². The van der Waals surface area contributed by atoms with Crippen LogP contribution >= 0.6 is 0 Å². The number of nitrogens with one attached hydrogen (secondary N) is 1. The molecule has 0 bridgehead atoms. The number of nitrogens with two attached hydrogens (primary N) is 1. The second-order valence-corrected chi connectivity index (χ2v) is 3.67. The molecule has 72 valence electrons. The summed E-state index contributed by atoms with van der Waals surface area (Å²) in [7, 11) is 0. The molecule has 0 saturated carbocycles. The lowest BCUT2D eigenvalue weighted by Gasteiger charge is -2.36. The molecule has 1 rings (SSSR count). The van der Waals surface area contributed by atoms with E-state index in [-0.39, 0.29) is 6.04 Å². The highest BCUT2D eigenvalue weighted by Gasteiger charge is 2.29. The lowest BCUT2D eigenvalue weighted by Crippen LogP contribution is -2.54. The summed E-state index contributed by atoms with van der Waals surface area (Å²) in [4.78, 5) is 2.14. The molecule has 0 radical (unpaired) electrons. The fraction of sp³-hybridized carbons (Fsp3) is 1.00. The minimum Gasteiger partial charge on any atom is -0.298 e. The summed E-state index contributed by atoms with van der Waals surface area (Å²) < 4.78 is 13.3. The van der Waals surface area contributed by atoms with Crippen molar-refractivity contribution < 1.29 is 4.39 Å². The van der Waals surface area contributed by atoms with Crippen LogP contribution in [0.5, 0.6) is 0 Å². The van der Waals surface area contributed by atoms with Crippen LogP contribution in [0.3, 0.4) is 0 Å². The van der Waals surface area contributed by atoms with E-state index in [1.54, 1.807) is 0 Å². The van der Waals surface area contributed by atoms with Crippen LogP contribution in [0.25, 0.3) is 0 Å². The molecule has 1 heterocycles. The van der Waals surface area contributed by atoms with Crippen LogP contribution in [0, 0.1) is 0 Å². The molecule has 4 heteroatoms. The lowest BCUT2D eigenvalue weighted by atomic mass is 10.0. The third-order valence-electron chi connectivity index (χ3n) is 2.52. The fourth-order valence-corrected chi connectivity index (χ4v) is 1.59. The van der Waals surface area contributed by atoms with E-state index in [0.717, 1.165) is 13.0 Å². The highest BCUT2D eigenvalue weighted by atomic mass is 19.1. The van der Waals surface area contributed by atoms with Gasteiger partial charge in [-0.2, -0.15) is 0 Å². The van der Waals surface area contributed by atoms with Crippen LogP contribution < -0.4 is 11.3 Å². The summed E-state index contributed by atoms with van der Waals surface area (Å²) in [5.41, 5.74) is 2.51. The van der Waals surface area contributed by atoms with Crippen molar-refractivity contribution in [2.45, 2.75) is 38.5 Å². The van der Waals surface area contributed by atoms with Gasteiger partial charge in [0.25, 0.3) is 0 Å². The number of hydrogen-bond donors (Lipinski definition) is 2. The predicted molar refractivity (Wildman–Crippen MR) is 47.3 cm³/mol. The summed E-state index contributed by atoms with van der Waals surface area (Å²) in [5.74, 6) is 5.21. The van der Waals surface area contributed by atoms with Gasteiger partial charge in [0.05, 0.1) is 6.04 Å². The monoisotopic (exact) mass is 175 g/mol. The summed E-state index contributed by atoms with van der Waals surface area (Å²) in [6, 6.07) is 0.280. The van der Waals surface area contributed by atoms with E-state index in [0.29, 0.717) is 12.6 Å². The van der Waals surface area contributed by atoms with E-state index in [1.165, 1.54) is 0 Å². The molecular weight excluding hydrogens is 157 g/mol. The minimum atomic E-state index is -0.828. The van der Waals surface area contributed by atoms with Gasteiger partial charge < -0.3 is 0 Å². The smallest absolute Gasteiger partial charge is 0.129 e. The summed E-state index contributed by atoms with van der Waals surface area (Å²) in [5, 5.41) is 0. The highest BCUT2D eigenvalue weighted by molar-refractivity contribution is 4.84. The number of halogens is 1. The van der Waals surface area contributed by atoms with Crippen molar-refractivity contribution in [2.24, 2.45) is 5.84 Å². The average molecular weight is 175 g/mol. The van der Waals surface area contributed by atoms with E-state index in [9.17, 15) is 4.39 Å². The van der Waals surface area contributed by atoms with Gasteiger partial charge in [0.15, 0.2) is 0 Å². The van der Waals surface area contributed by atoms with E-state index in [4.69, 9.17) is 5.84 Å². The van der Waals surface area contributed by atoms with E-state index in [2.05, 4.69) is 24.2 Å². The predicted octanol–water partition coefficient (Wildman–Crippen LogP) is 0.270. The van der Waals surface area contributed by atoms with Crippen molar-refractivity contribution in [2.75, 3.05) is 13.1 Å². The summed E-state index contributed by atoms with van der Waals surface area (Å²) in [6.07, 6.45) is -0.0262. The van der Waals surface area contributed by atoms with Crippen molar-refractivity contribution in [1.29, 1.82) is 0 Å². The van der Waals surface area contributed by atoms with E-state index < -0.39 is 6.17 Å². The fourth-order valence-electron chi connectivity index (χ4n) is 1.59. The normalized spacial score (nSPS) is 32.8. The first kappa shape index (κ1) is 9.89. The second-order valence-electron chi connectivity index (χ2n) is 3.67. The van der Waals surface area contributed by atoms with Gasteiger partial charge in [-0.1, -0.05) is 0 Å². The van der Waals surface area contributed by atoms with Gasteiger partial charge in [0.2, 0.25) is 0 Å². The Bertz CT molecular complexity index is 140. The zero-order valence-corrected chi connectivity index (χ0v) is 7.76. The molecule has 1 unspecified atom stereocenters. The molecule has 3 nitrogen and oxygen atoms in total. The average Bonchev–Trinajstić information content (AvgIpc) is 2.04. The first-order chi connectivity index (χ1) is 5.65. The third-order valence-corrected chi connectivity index (χ3v) is 2.52. The Labute approximate surface area is 73.1 Å². The molecule has 0 aliphatic carbocycles. The molecule has 0 aromatic rings. The van der Waals surface area contributed by atoms with Gasteiger partial charge >= 0.3 is 0 Å². The molecule has 3 N–H and O–H groups in total. The maximum Gasteiger partial charge on any atom is 0.129 e. The van der Waals surface area contributed by atoms with Crippen LogP contribution in [0.4, 0.5) is 4.39 Å². The second kappa shape index (κ2) is 4.16. The van der Waals surface area contributed by atoms with Gasteiger partial charge in [0, 0.05) is 19.1 Å². The number of rotatable bonds is 2. The molecule has 0 spiro atoms. The van der Waals surface area contributed by atoms with Gasteiger partial charge in [-0.3, -0.25) is 16.2 Å². The van der Waals surface area contributed by atoms with Crippen LogP contribution in [0.1, 0.15) is 20.3 Å². The van der Waals surface area contributed by atoms with Gasteiger partial charge in [-0.15, -0.1) is 0 Å². The van der Waals surface area contributed by atoms with Crippen LogP contribution in [-0.2, 0) is 0 Å². The van der Waals surface area contributed by atoms with E-state index in [1.807, 2.05) is 0 Å². The van der Waals surface area contributed by atoms with Crippen molar-refractivity contribution in [3.8, 4) is 0 Å². The molecule has 2 atom stereocenters. The standard InChI is InChI=1S/C8H18FN3/c1-6(2)12-4-3-8(11-10)7(9)5-12/h6-8,11H,3-5,10H2,1-2H3/t7?,8-/m1/s1. The maximum atomic E-state index is 13.3. The Balaban J connectivity index is 2.40. The van der Waals surface area contributed by atoms with Crippen LogP contribution in [0.15, 0.2) is 0 Å². The van der Waals surface area contributed by atoms with Crippen LogP contribution in [0.2, 0.25) is 0 Å². The highest BCUT2D eigenvalue weighted by Crippen LogP contribution is 2.15. The molecule has 1 saturated heterocycles. The number of nitrogens with zero attached hydrogens (tertiary/aromatic N) is 1. The Morgan fingerprint density at radius 1 is 1.58 bits per heavy atom. The van der Waals surface area contributed by atoms with Gasteiger partial charge in [0.1, 0.15) is 6.17 Å². The van der Waals surface area contributed by atoms with Crippen molar-refractivity contribution in [3.05, 3.63) is 0 Å². The molecule has 1 fully saturated rings. The van der Waals surface area contributed by atoms with Crippen LogP contribution in [-0.4, -0.2) is 36.2 Å². The van der Waals surface area contributed by atoms with E-state index >= 15 is 0 Å². The topological polar surface area (TPSA) is 41.3 Å². The Morgan fingerprint density at radius 3 is 2.67 bits per heavy atom. The molecule has 0 aromatic heterocycles. The number of alkyl halides is 1. The number of hydrogen-bond acceptors (Lipinski definition) is 3. The molecule has 0 aromatic carbocycles. The first-order valence-corrected chi connectivity index (χ1v) is 4.49. The summed E-state index contributed by atoms with van der Waals surface area (Å²) >= 11 is 0. The Morgan fingerprint density at radius 2 is 2.25 bits per heavy atom. The molecule has 0 amide bonds. The molecular formula is C8H18FN3. The first-order valence-electron chi connectivity index (χ1n) is 4.49. The zero-order chi connectivity index (χ0) is 9.14. The summed E-state index contributed by atoms with van der Waals surface area (Å²) in [6.45, 7) is 5.62. The molecule has 1 aliphatic rings. The number of piperidine rings is 1. The Kier molecular flexibility index (Phi) is 3.43. The quantitative estimate of drug-likeness (QED) is 0.467. The lowest BCUT2D eigenvalue weighted by molar-refractivity contribution is 0.0828. The molecule has 1 aliphatic heterocycles. The SMILES string of the molecule is CC(C)N1CC[C@@H](NN)C(F)C1. The largest absolute Gasteiger partial charge is 0.298 e. The van der Waals surface area contributed by atoms with Crippen molar-refractivity contribution in [3.63, 3.8) is 0 Å². The minimum absolute atomic E-state index is 0.153. The number of hydrazine groups is 1. The zero-order valence-electron chi connectivity index (χ0n) is 7.76. The number of likely N-dealkylation sites (tertiary alicyclic amines) is 1. The van der Waals surface area contributed by atoms with Gasteiger partial charge in [-0.25, -0.2) is 4.39 Å².